The molecule has 0 saturated carbocycles. The van der Waals surface area contributed by atoms with Crippen LogP contribution in [-0.2, 0) is 38.1 Å². The van der Waals surface area contributed by atoms with Crippen LogP contribution < -0.4 is 15.4 Å². The summed E-state index contributed by atoms with van der Waals surface area (Å²) >= 11 is 0. The normalized spacial score (nSPS) is 23.7. The van der Waals surface area contributed by atoms with Crippen LogP contribution in [0.5, 0.6) is 5.75 Å². The Hall–Kier alpha value is -3.67. The van der Waals surface area contributed by atoms with E-state index in [0.29, 0.717) is 11.4 Å². The van der Waals surface area contributed by atoms with E-state index in [1.165, 1.54) is 21.0 Å². The summed E-state index contributed by atoms with van der Waals surface area (Å²) in [6.45, 7) is 4.27. The van der Waals surface area contributed by atoms with Gasteiger partial charge in [-0.15, -0.1) is 0 Å². The van der Waals surface area contributed by atoms with Crippen molar-refractivity contribution in [2.24, 2.45) is 0 Å². The molecule has 186 valence electrons. The molecule has 0 radical (unpaired) electrons. The SMILES string of the molecule is COc1ccc(NC(=O)N[C@@H]2[C@@H](OC(C)=O)[C@H](OC(C)=O)[C@@H](COC(C)=O)O[C@@H]2C(C)=O)cc1. The van der Waals surface area contributed by atoms with Gasteiger partial charge >= 0.3 is 23.9 Å². The molecular formula is C22H28N2O10. The molecule has 1 heterocycles. The number of hydrogen-bond donors (Lipinski definition) is 2. The molecule has 34 heavy (non-hydrogen) atoms. The van der Waals surface area contributed by atoms with E-state index in [9.17, 15) is 24.0 Å². The highest BCUT2D eigenvalue weighted by Gasteiger charge is 2.52. The van der Waals surface area contributed by atoms with Gasteiger partial charge in [-0.2, -0.15) is 0 Å². The molecule has 0 spiro atoms. The van der Waals surface area contributed by atoms with Crippen LogP contribution in [0, 0.1) is 0 Å². The molecule has 0 bridgehead atoms. The number of carbonyl (C=O) groups is 5. The largest absolute Gasteiger partial charge is 0.497 e. The first-order valence-electron chi connectivity index (χ1n) is 10.4. The topological polar surface area (TPSA) is 156 Å². The molecule has 2 rings (SSSR count). The van der Waals surface area contributed by atoms with Crippen molar-refractivity contribution < 1.29 is 47.7 Å². The molecule has 1 aromatic carbocycles. The molecule has 0 aromatic heterocycles. The maximum Gasteiger partial charge on any atom is 0.319 e. The highest BCUT2D eigenvalue weighted by atomic mass is 16.6. The second kappa shape index (κ2) is 12.0. The zero-order chi connectivity index (χ0) is 25.4. The Labute approximate surface area is 196 Å². The smallest absolute Gasteiger partial charge is 0.319 e. The third kappa shape index (κ3) is 7.44. The molecule has 12 heteroatoms. The molecule has 1 aliphatic rings. The van der Waals surface area contributed by atoms with Crippen molar-refractivity contribution in [1.82, 2.24) is 5.32 Å². The lowest BCUT2D eigenvalue weighted by Crippen LogP contribution is -2.68. The summed E-state index contributed by atoms with van der Waals surface area (Å²) < 4.78 is 26.5. The van der Waals surface area contributed by atoms with Gasteiger partial charge in [-0.1, -0.05) is 0 Å². The van der Waals surface area contributed by atoms with Gasteiger partial charge in [0.2, 0.25) is 0 Å². The minimum atomic E-state index is -1.31. The van der Waals surface area contributed by atoms with Crippen molar-refractivity contribution in [1.29, 1.82) is 0 Å². The summed E-state index contributed by atoms with van der Waals surface area (Å²) in [5, 5.41) is 5.16. The number of anilines is 1. The molecule has 0 aliphatic carbocycles. The average molecular weight is 480 g/mol. The second-order valence-corrected chi connectivity index (χ2v) is 7.51. The Morgan fingerprint density at radius 2 is 1.47 bits per heavy atom. The number of rotatable bonds is 8. The van der Waals surface area contributed by atoms with E-state index < -0.39 is 60.2 Å². The molecular weight excluding hydrogens is 452 g/mol. The lowest BCUT2D eigenvalue weighted by Gasteiger charge is -2.44. The first-order chi connectivity index (χ1) is 16.0. The summed E-state index contributed by atoms with van der Waals surface area (Å²) in [7, 11) is 1.50. The fourth-order valence-electron chi connectivity index (χ4n) is 3.44. The van der Waals surface area contributed by atoms with Crippen molar-refractivity contribution in [3.63, 3.8) is 0 Å². The van der Waals surface area contributed by atoms with Crippen LogP contribution in [0.25, 0.3) is 0 Å². The zero-order valence-electron chi connectivity index (χ0n) is 19.5. The van der Waals surface area contributed by atoms with Gasteiger partial charge in [0.15, 0.2) is 18.0 Å². The van der Waals surface area contributed by atoms with Gasteiger partial charge in [0.05, 0.1) is 7.11 Å². The molecule has 2 N–H and O–H groups in total. The predicted molar refractivity (Wildman–Crippen MR) is 116 cm³/mol. The van der Waals surface area contributed by atoms with E-state index in [2.05, 4.69) is 10.6 Å². The predicted octanol–water partition coefficient (Wildman–Crippen LogP) is 0.968. The average Bonchev–Trinajstić information content (AvgIpc) is 2.74. The first kappa shape index (κ1) is 26.6. The van der Waals surface area contributed by atoms with E-state index in [4.69, 9.17) is 23.7 Å². The van der Waals surface area contributed by atoms with Gasteiger partial charge in [0.1, 0.15) is 30.6 Å². The Kier molecular flexibility index (Phi) is 9.36. The van der Waals surface area contributed by atoms with Gasteiger partial charge < -0.3 is 34.3 Å². The van der Waals surface area contributed by atoms with E-state index in [1.54, 1.807) is 24.3 Å². The monoisotopic (exact) mass is 480 g/mol. The minimum absolute atomic E-state index is 0.375. The number of Topliss-reactive ketones (excluding diaryl/α,β-unsaturated/α-hetero) is 1. The number of methoxy groups -OCH3 is 1. The lowest BCUT2D eigenvalue weighted by molar-refractivity contribution is -0.220. The first-order valence-corrected chi connectivity index (χ1v) is 10.4. The van der Waals surface area contributed by atoms with Crippen molar-refractivity contribution in [2.45, 2.75) is 58.2 Å². The number of esters is 3. The number of amides is 2. The van der Waals surface area contributed by atoms with E-state index in [0.717, 1.165) is 13.8 Å². The number of ether oxygens (including phenoxy) is 5. The van der Waals surface area contributed by atoms with Crippen LogP contribution in [0.2, 0.25) is 0 Å². The molecule has 12 nitrogen and oxygen atoms in total. The molecule has 1 aliphatic heterocycles. The summed E-state index contributed by atoms with van der Waals surface area (Å²) in [6, 6.07) is 4.50. The van der Waals surface area contributed by atoms with Crippen molar-refractivity contribution >= 4 is 35.4 Å². The Morgan fingerprint density at radius 1 is 0.882 bits per heavy atom. The summed E-state index contributed by atoms with van der Waals surface area (Å²) in [5.41, 5.74) is 0.419. The van der Waals surface area contributed by atoms with Gasteiger partial charge in [-0.05, 0) is 31.2 Å². The molecule has 1 fully saturated rings. The van der Waals surface area contributed by atoms with Crippen molar-refractivity contribution in [3.05, 3.63) is 24.3 Å². The fraction of sp³-hybridized carbons (Fsp3) is 0.500. The van der Waals surface area contributed by atoms with Gasteiger partial charge in [0.25, 0.3) is 0 Å². The standard InChI is InChI=1S/C22H28N2O10/c1-11(25)19-18(24-22(29)23-15-6-8-16(30-5)9-7-15)21(33-14(4)28)20(32-13(3)27)17(34-19)10-31-12(2)26/h6-9,17-21H,10H2,1-5H3,(H2,23,24,29)/t17-,18+,19-,20-,21-/m1/s1. The number of nitrogens with one attached hydrogen (secondary N) is 2. The van der Waals surface area contributed by atoms with Crippen LogP contribution in [-0.4, -0.2) is 73.9 Å². The lowest BCUT2D eigenvalue weighted by atomic mass is 9.90. The fourth-order valence-corrected chi connectivity index (χ4v) is 3.44. The maximum atomic E-state index is 12.7. The molecule has 0 unspecified atom stereocenters. The number of hydrogen-bond acceptors (Lipinski definition) is 10. The number of carbonyl (C=O) groups excluding carboxylic acids is 5. The third-order valence-electron chi connectivity index (χ3n) is 4.79. The van der Waals surface area contributed by atoms with E-state index in [1.807, 2.05) is 0 Å². The van der Waals surface area contributed by atoms with E-state index in [-0.39, 0.29) is 6.61 Å². The number of urea groups is 1. The van der Waals surface area contributed by atoms with E-state index >= 15 is 0 Å². The highest BCUT2D eigenvalue weighted by molar-refractivity contribution is 5.90. The van der Waals surface area contributed by atoms with Crippen LogP contribution in [0.4, 0.5) is 10.5 Å². The second-order valence-electron chi connectivity index (χ2n) is 7.51. The summed E-state index contributed by atoms with van der Waals surface area (Å²) in [5.74, 6) is -2.03. The molecule has 1 saturated heterocycles. The molecule has 5 atom stereocenters. The quantitative estimate of drug-likeness (QED) is 0.406. The highest BCUT2D eigenvalue weighted by Crippen LogP contribution is 2.28. The Morgan fingerprint density at radius 3 is 1.97 bits per heavy atom. The zero-order valence-corrected chi connectivity index (χ0v) is 19.5. The third-order valence-corrected chi connectivity index (χ3v) is 4.79. The van der Waals surface area contributed by atoms with Crippen LogP contribution in [0.1, 0.15) is 27.7 Å². The minimum Gasteiger partial charge on any atom is -0.497 e. The Balaban J connectivity index is 2.33. The van der Waals surface area contributed by atoms with Gasteiger partial charge in [-0.3, -0.25) is 19.2 Å². The van der Waals surface area contributed by atoms with Crippen molar-refractivity contribution in [2.75, 3.05) is 19.0 Å². The number of benzene rings is 1. The number of ketones is 1. The van der Waals surface area contributed by atoms with Crippen molar-refractivity contribution in [3.8, 4) is 5.75 Å². The van der Waals surface area contributed by atoms with Crippen LogP contribution >= 0.6 is 0 Å². The summed E-state index contributed by atoms with van der Waals surface area (Å²) in [4.78, 5) is 60.0. The Bertz CT molecular complexity index is 917. The maximum absolute atomic E-state index is 12.7. The van der Waals surface area contributed by atoms with Gasteiger partial charge in [-0.25, -0.2) is 4.79 Å². The molecule has 2 amide bonds. The summed E-state index contributed by atoms with van der Waals surface area (Å²) in [6.07, 6.45) is -5.01. The van der Waals surface area contributed by atoms with Crippen LogP contribution in [0.15, 0.2) is 24.3 Å². The molecule has 1 aromatic rings. The van der Waals surface area contributed by atoms with Gasteiger partial charge in [0, 0.05) is 26.5 Å². The van der Waals surface area contributed by atoms with Crippen LogP contribution in [0.3, 0.4) is 0 Å².